The lowest BCUT2D eigenvalue weighted by atomic mass is 9.89. The van der Waals surface area contributed by atoms with Crippen molar-refractivity contribution in [2.75, 3.05) is 26.7 Å². The number of carbonyl (C=O) groups excluding carboxylic acids is 1. The second-order valence-corrected chi connectivity index (χ2v) is 9.99. The predicted octanol–water partition coefficient (Wildman–Crippen LogP) is 5.70. The van der Waals surface area contributed by atoms with Crippen LogP contribution in [0.4, 0.5) is 0 Å². The van der Waals surface area contributed by atoms with Gasteiger partial charge < -0.3 is 10.0 Å². The third-order valence-corrected chi connectivity index (χ3v) is 7.11. The van der Waals surface area contributed by atoms with Crippen LogP contribution in [-0.2, 0) is 4.79 Å². The first-order valence-corrected chi connectivity index (χ1v) is 12.3. The molecule has 4 nitrogen and oxygen atoms in total. The highest BCUT2D eigenvalue weighted by Crippen LogP contribution is 2.32. The molecule has 3 aromatic rings. The van der Waals surface area contributed by atoms with Crippen LogP contribution in [0.5, 0.6) is 0 Å². The molecule has 178 valence electrons. The summed E-state index contributed by atoms with van der Waals surface area (Å²) >= 11 is 12.3. The van der Waals surface area contributed by atoms with Crippen LogP contribution >= 0.6 is 23.2 Å². The van der Waals surface area contributed by atoms with E-state index >= 15 is 0 Å². The van der Waals surface area contributed by atoms with Gasteiger partial charge in [-0.15, -0.1) is 0 Å². The number of hydrogen-bond donors (Lipinski definition) is 1. The van der Waals surface area contributed by atoms with Crippen molar-refractivity contribution in [3.8, 4) is 0 Å². The van der Waals surface area contributed by atoms with E-state index in [0.29, 0.717) is 23.1 Å². The number of aliphatic hydroxyl groups is 1. The van der Waals surface area contributed by atoms with E-state index in [4.69, 9.17) is 23.2 Å². The first-order chi connectivity index (χ1) is 16.3. The minimum Gasteiger partial charge on any atom is -0.392 e. The van der Waals surface area contributed by atoms with Crippen molar-refractivity contribution in [1.29, 1.82) is 0 Å². The van der Waals surface area contributed by atoms with Gasteiger partial charge in [0.05, 0.1) is 18.1 Å². The molecular weight excluding hydrogens is 467 g/mol. The van der Waals surface area contributed by atoms with Gasteiger partial charge in [0.1, 0.15) is 0 Å². The van der Waals surface area contributed by atoms with E-state index in [9.17, 15) is 9.90 Å². The molecule has 0 unspecified atom stereocenters. The number of amides is 1. The Morgan fingerprint density at radius 3 is 1.91 bits per heavy atom. The smallest absolute Gasteiger partial charge is 0.234 e. The number of rotatable bonds is 7. The molecule has 1 saturated heterocycles. The van der Waals surface area contributed by atoms with Crippen molar-refractivity contribution >= 4 is 29.1 Å². The number of aryl methyl sites for hydroxylation is 1. The second-order valence-electron chi connectivity index (χ2n) is 9.11. The van der Waals surface area contributed by atoms with Crippen LogP contribution in [0.25, 0.3) is 0 Å². The number of nitrogens with zero attached hydrogens (tertiary/aromatic N) is 2. The Bertz CT molecular complexity index is 1060. The summed E-state index contributed by atoms with van der Waals surface area (Å²) in [6.07, 6.45) is 0.451. The molecule has 2 atom stereocenters. The van der Waals surface area contributed by atoms with Gasteiger partial charge in [-0.25, -0.2) is 0 Å². The van der Waals surface area contributed by atoms with Crippen molar-refractivity contribution in [2.24, 2.45) is 0 Å². The van der Waals surface area contributed by atoms with Gasteiger partial charge in [-0.1, -0.05) is 77.3 Å². The van der Waals surface area contributed by atoms with Crippen LogP contribution in [0.2, 0.25) is 10.0 Å². The molecule has 0 saturated carbocycles. The lowest BCUT2D eigenvalue weighted by molar-refractivity contribution is -0.133. The Balaban J connectivity index is 1.70. The molecule has 1 aliphatic rings. The minimum atomic E-state index is -0.489. The zero-order chi connectivity index (χ0) is 24.2. The average molecular weight is 497 g/mol. The molecule has 0 aliphatic carbocycles. The number of halogens is 2. The van der Waals surface area contributed by atoms with Crippen LogP contribution in [0, 0.1) is 6.92 Å². The number of benzene rings is 3. The minimum absolute atomic E-state index is 0.00466. The van der Waals surface area contributed by atoms with E-state index < -0.39 is 5.92 Å². The van der Waals surface area contributed by atoms with Crippen molar-refractivity contribution < 1.29 is 9.90 Å². The standard InChI is InChI=1S/C28H30Cl2N2O2/c1-19-3-5-20(6-4-19)26(18-32-16-15-25(33)17-32)31(2)28(34)27(21-7-11-23(29)12-8-21)22-9-13-24(30)14-10-22/h3-14,25-27,33H,15-18H2,1-2H3/t25-,26+/m0/s1. The number of carbonyl (C=O) groups is 1. The summed E-state index contributed by atoms with van der Waals surface area (Å²) in [7, 11) is 1.87. The molecule has 1 aliphatic heterocycles. The number of β-amino-alcohol motifs (C(OH)–C–C–N with tert-alkyl or cyclic N) is 1. The van der Waals surface area contributed by atoms with Crippen LogP contribution in [0.1, 0.15) is 40.6 Å². The SMILES string of the molecule is Cc1ccc([C@@H](CN2CC[C@H](O)C2)N(C)C(=O)C(c2ccc(Cl)cc2)c2ccc(Cl)cc2)cc1. The van der Waals surface area contributed by atoms with Gasteiger partial charge in [0.2, 0.25) is 5.91 Å². The van der Waals surface area contributed by atoms with Gasteiger partial charge in [0.15, 0.2) is 0 Å². The molecule has 0 bridgehead atoms. The molecular formula is C28H30Cl2N2O2. The Morgan fingerprint density at radius 2 is 1.44 bits per heavy atom. The Morgan fingerprint density at radius 1 is 0.941 bits per heavy atom. The van der Waals surface area contributed by atoms with E-state index in [0.717, 1.165) is 29.7 Å². The van der Waals surface area contributed by atoms with Crippen LogP contribution in [0.3, 0.4) is 0 Å². The van der Waals surface area contributed by atoms with Crippen LogP contribution < -0.4 is 0 Å². The highest BCUT2D eigenvalue weighted by molar-refractivity contribution is 6.30. The second kappa shape index (κ2) is 10.9. The molecule has 4 rings (SSSR count). The third-order valence-electron chi connectivity index (χ3n) is 6.61. The highest BCUT2D eigenvalue weighted by Gasteiger charge is 2.32. The molecule has 1 N–H and O–H groups in total. The molecule has 0 spiro atoms. The van der Waals surface area contributed by atoms with Gasteiger partial charge in [-0.3, -0.25) is 9.69 Å². The van der Waals surface area contributed by atoms with Gasteiger partial charge >= 0.3 is 0 Å². The third kappa shape index (κ3) is 5.81. The van der Waals surface area contributed by atoms with Gasteiger partial charge in [-0.05, 0) is 54.3 Å². The summed E-state index contributed by atoms with van der Waals surface area (Å²) in [6.45, 7) is 4.17. The molecule has 1 fully saturated rings. The summed E-state index contributed by atoms with van der Waals surface area (Å²) in [5, 5.41) is 11.3. The number of likely N-dealkylation sites (N-methyl/N-ethyl adjacent to an activating group) is 1. The number of hydrogen-bond acceptors (Lipinski definition) is 3. The Labute approximate surface area is 211 Å². The van der Waals surface area contributed by atoms with Crippen molar-refractivity contribution in [3.05, 3.63) is 105 Å². The Hall–Kier alpha value is -2.37. The monoisotopic (exact) mass is 496 g/mol. The van der Waals surface area contributed by atoms with Crippen LogP contribution in [-0.4, -0.2) is 53.6 Å². The van der Waals surface area contributed by atoms with Crippen LogP contribution in [0.15, 0.2) is 72.8 Å². The normalized spacial score (nSPS) is 17.2. The summed E-state index contributed by atoms with van der Waals surface area (Å²) in [4.78, 5) is 18.2. The first-order valence-electron chi connectivity index (χ1n) is 11.6. The maximum absolute atomic E-state index is 14.1. The topological polar surface area (TPSA) is 43.8 Å². The maximum atomic E-state index is 14.1. The summed E-state index contributed by atoms with van der Waals surface area (Å²) < 4.78 is 0. The molecule has 1 heterocycles. The first kappa shape index (κ1) is 24.7. The van der Waals surface area contributed by atoms with Gasteiger partial charge in [0, 0.05) is 36.7 Å². The van der Waals surface area contributed by atoms with E-state index in [2.05, 4.69) is 36.1 Å². The Kier molecular flexibility index (Phi) is 7.95. The summed E-state index contributed by atoms with van der Waals surface area (Å²) in [5.41, 5.74) is 4.01. The molecule has 6 heteroatoms. The molecule has 0 aromatic heterocycles. The van der Waals surface area contributed by atoms with Gasteiger partial charge in [0.25, 0.3) is 0 Å². The van der Waals surface area contributed by atoms with E-state index in [1.165, 1.54) is 5.56 Å². The van der Waals surface area contributed by atoms with Crippen molar-refractivity contribution in [3.63, 3.8) is 0 Å². The summed E-state index contributed by atoms with van der Waals surface area (Å²) in [5.74, 6) is -0.494. The quantitative estimate of drug-likeness (QED) is 0.456. The largest absolute Gasteiger partial charge is 0.392 e. The highest BCUT2D eigenvalue weighted by atomic mass is 35.5. The fourth-order valence-corrected chi connectivity index (χ4v) is 4.86. The molecule has 3 aromatic carbocycles. The number of aliphatic hydroxyl groups excluding tert-OH is 1. The molecule has 0 radical (unpaired) electrons. The lowest BCUT2D eigenvalue weighted by Crippen LogP contribution is -2.41. The van der Waals surface area contributed by atoms with E-state index in [1.807, 2.05) is 60.5 Å². The van der Waals surface area contributed by atoms with Crippen molar-refractivity contribution in [1.82, 2.24) is 9.80 Å². The zero-order valence-electron chi connectivity index (χ0n) is 19.5. The number of likely N-dealkylation sites (tertiary alicyclic amines) is 1. The lowest BCUT2D eigenvalue weighted by Gasteiger charge is -2.34. The fourth-order valence-electron chi connectivity index (χ4n) is 4.61. The molecule has 1 amide bonds. The predicted molar refractivity (Wildman–Crippen MR) is 139 cm³/mol. The zero-order valence-corrected chi connectivity index (χ0v) is 21.0. The average Bonchev–Trinajstić information content (AvgIpc) is 3.25. The van der Waals surface area contributed by atoms with Crippen molar-refractivity contribution in [2.45, 2.75) is 31.4 Å². The molecule has 34 heavy (non-hydrogen) atoms. The summed E-state index contributed by atoms with van der Waals surface area (Å²) in [6, 6.07) is 23.1. The fraction of sp³-hybridized carbons (Fsp3) is 0.321. The maximum Gasteiger partial charge on any atom is 0.234 e. The van der Waals surface area contributed by atoms with E-state index in [-0.39, 0.29) is 18.1 Å². The van der Waals surface area contributed by atoms with E-state index in [1.54, 1.807) is 0 Å². The van der Waals surface area contributed by atoms with Gasteiger partial charge in [-0.2, -0.15) is 0 Å².